The van der Waals surface area contributed by atoms with Crippen LogP contribution in [0.25, 0.3) is 11.0 Å². The zero-order valence-corrected chi connectivity index (χ0v) is 9.36. The van der Waals surface area contributed by atoms with Crippen molar-refractivity contribution in [2.24, 2.45) is 0 Å². The van der Waals surface area contributed by atoms with Crippen LogP contribution in [0.2, 0.25) is 0 Å². The van der Waals surface area contributed by atoms with E-state index < -0.39 is 5.97 Å². The van der Waals surface area contributed by atoms with Gasteiger partial charge in [0.25, 0.3) is 0 Å². The molecule has 0 radical (unpaired) electrons. The topological polar surface area (TPSA) is 50.4 Å². The predicted molar refractivity (Wildman–Crippen MR) is 61.6 cm³/mol. The van der Waals surface area contributed by atoms with E-state index in [0.717, 1.165) is 22.3 Å². The van der Waals surface area contributed by atoms with Crippen LogP contribution in [0.15, 0.2) is 28.7 Å². The molecule has 0 spiro atoms. The monoisotopic (exact) mass is 218 g/mol. The highest BCUT2D eigenvalue weighted by atomic mass is 16.4. The number of fused-ring (bicyclic) bond motifs is 1. The minimum atomic E-state index is -0.799. The Morgan fingerprint density at radius 2 is 2.12 bits per heavy atom. The summed E-state index contributed by atoms with van der Waals surface area (Å²) >= 11 is 0. The SMILES string of the molecule is Cc1c(C(C)CC(=O)O)oc2ccccc12. The number of para-hydroxylation sites is 1. The number of carboxylic acid groups (broad SMARTS) is 1. The van der Waals surface area contributed by atoms with Crippen molar-refractivity contribution in [1.82, 2.24) is 0 Å². The summed E-state index contributed by atoms with van der Waals surface area (Å²) in [7, 11) is 0. The van der Waals surface area contributed by atoms with E-state index in [2.05, 4.69) is 0 Å². The fourth-order valence-electron chi connectivity index (χ4n) is 2.02. The Morgan fingerprint density at radius 3 is 2.75 bits per heavy atom. The van der Waals surface area contributed by atoms with E-state index in [1.807, 2.05) is 38.1 Å². The standard InChI is InChI=1S/C13H14O3/c1-8(7-12(14)15)13-9(2)10-5-3-4-6-11(10)16-13/h3-6,8H,7H2,1-2H3,(H,14,15). The third kappa shape index (κ3) is 1.81. The molecule has 1 aromatic carbocycles. The first-order valence-corrected chi connectivity index (χ1v) is 5.29. The largest absolute Gasteiger partial charge is 0.481 e. The normalized spacial score (nSPS) is 12.9. The van der Waals surface area contributed by atoms with Crippen LogP contribution >= 0.6 is 0 Å². The van der Waals surface area contributed by atoms with Gasteiger partial charge in [0.15, 0.2) is 0 Å². The highest BCUT2D eigenvalue weighted by molar-refractivity contribution is 5.82. The highest BCUT2D eigenvalue weighted by Gasteiger charge is 2.18. The molecule has 0 aliphatic heterocycles. The Bertz CT molecular complexity index is 525. The molecule has 0 saturated heterocycles. The van der Waals surface area contributed by atoms with Gasteiger partial charge in [-0.05, 0) is 18.6 Å². The van der Waals surface area contributed by atoms with Crippen LogP contribution in [0.3, 0.4) is 0 Å². The van der Waals surface area contributed by atoms with Crippen molar-refractivity contribution in [3.8, 4) is 0 Å². The number of hydrogen-bond acceptors (Lipinski definition) is 2. The summed E-state index contributed by atoms with van der Waals surface area (Å²) in [4.78, 5) is 10.7. The van der Waals surface area contributed by atoms with Crippen molar-refractivity contribution < 1.29 is 14.3 Å². The molecule has 2 rings (SSSR count). The summed E-state index contributed by atoms with van der Waals surface area (Å²) in [6, 6.07) is 7.76. The van der Waals surface area contributed by atoms with Crippen molar-refractivity contribution in [2.45, 2.75) is 26.2 Å². The zero-order chi connectivity index (χ0) is 11.7. The Morgan fingerprint density at radius 1 is 1.44 bits per heavy atom. The van der Waals surface area contributed by atoms with Crippen LogP contribution < -0.4 is 0 Å². The quantitative estimate of drug-likeness (QED) is 0.859. The molecule has 1 unspecified atom stereocenters. The van der Waals surface area contributed by atoms with Gasteiger partial charge in [-0.25, -0.2) is 0 Å². The van der Waals surface area contributed by atoms with Gasteiger partial charge in [-0.15, -0.1) is 0 Å². The summed E-state index contributed by atoms with van der Waals surface area (Å²) in [5.41, 5.74) is 1.87. The summed E-state index contributed by atoms with van der Waals surface area (Å²) in [6.07, 6.45) is 0.0979. The number of carbonyl (C=O) groups is 1. The maximum atomic E-state index is 10.7. The van der Waals surface area contributed by atoms with Gasteiger partial charge >= 0.3 is 5.97 Å². The van der Waals surface area contributed by atoms with Gasteiger partial charge in [0, 0.05) is 11.3 Å². The molecule has 1 N–H and O–H groups in total. The number of hydrogen-bond donors (Lipinski definition) is 1. The van der Waals surface area contributed by atoms with E-state index in [9.17, 15) is 4.79 Å². The van der Waals surface area contributed by atoms with Gasteiger partial charge in [-0.2, -0.15) is 0 Å². The molecule has 1 atom stereocenters. The number of aliphatic carboxylic acids is 1. The second-order valence-corrected chi connectivity index (χ2v) is 4.09. The molecule has 1 heterocycles. The van der Waals surface area contributed by atoms with Crippen LogP contribution in [0.1, 0.15) is 30.6 Å². The lowest BCUT2D eigenvalue weighted by molar-refractivity contribution is -0.137. The first kappa shape index (κ1) is 10.7. The van der Waals surface area contributed by atoms with Crippen LogP contribution in [0.4, 0.5) is 0 Å². The molecule has 84 valence electrons. The lowest BCUT2D eigenvalue weighted by Gasteiger charge is -2.05. The predicted octanol–water partition coefficient (Wildman–Crippen LogP) is 3.32. The molecule has 0 aliphatic carbocycles. The van der Waals surface area contributed by atoms with Crippen LogP contribution in [-0.4, -0.2) is 11.1 Å². The summed E-state index contributed by atoms with van der Waals surface area (Å²) in [6.45, 7) is 3.85. The van der Waals surface area contributed by atoms with Crippen LogP contribution in [0.5, 0.6) is 0 Å². The second kappa shape index (κ2) is 4.00. The Balaban J connectivity index is 2.45. The van der Waals surface area contributed by atoms with Crippen molar-refractivity contribution in [3.63, 3.8) is 0 Å². The fraction of sp³-hybridized carbons (Fsp3) is 0.308. The molecule has 3 nitrogen and oxygen atoms in total. The Labute approximate surface area is 93.7 Å². The highest BCUT2D eigenvalue weighted by Crippen LogP contribution is 2.31. The lowest BCUT2D eigenvalue weighted by Crippen LogP contribution is -2.02. The van der Waals surface area contributed by atoms with E-state index in [1.165, 1.54) is 0 Å². The molecule has 1 aromatic heterocycles. The molecule has 0 amide bonds. The number of benzene rings is 1. The van der Waals surface area contributed by atoms with E-state index in [1.54, 1.807) is 0 Å². The van der Waals surface area contributed by atoms with Crippen molar-refractivity contribution >= 4 is 16.9 Å². The smallest absolute Gasteiger partial charge is 0.304 e. The molecule has 0 fully saturated rings. The molecular weight excluding hydrogens is 204 g/mol. The molecule has 16 heavy (non-hydrogen) atoms. The maximum Gasteiger partial charge on any atom is 0.304 e. The minimum Gasteiger partial charge on any atom is -0.481 e. The molecule has 3 heteroatoms. The Kier molecular flexibility index (Phi) is 2.69. The molecular formula is C13H14O3. The Hall–Kier alpha value is -1.77. The number of rotatable bonds is 3. The average molecular weight is 218 g/mol. The summed E-state index contributed by atoms with van der Waals surface area (Å²) in [5.74, 6) is -0.110. The summed E-state index contributed by atoms with van der Waals surface area (Å²) < 4.78 is 5.70. The van der Waals surface area contributed by atoms with Crippen LogP contribution in [-0.2, 0) is 4.79 Å². The minimum absolute atomic E-state index is 0.0927. The molecule has 0 aliphatic rings. The van der Waals surface area contributed by atoms with Crippen molar-refractivity contribution in [3.05, 3.63) is 35.6 Å². The average Bonchev–Trinajstić information content (AvgIpc) is 2.56. The van der Waals surface area contributed by atoms with Crippen molar-refractivity contribution in [2.75, 3.05) is 0 Å². The number of carboxylic acids is 1. The van der Waals surface area contributed by atoms with Gasteiger partial charge < -0.3 is 9.52 Å². The van der Waals surface area contributed by atoms with E-state index >= 15 is 0 Å². The first-order chi connectivity index (χ1) is 7.59. The van der Waals surface area contributed by atoms with E-state index in [0.29, 0.717) is 0 Å². The zero-order valence-electron chi connectivity index (χ0n) is 9.36. The van der Waals surface area contributed by atoms with Gasteiger partial charge in [0.05, 0.1) is 6.42 Å². The molecule has 0 saturated carbocycles. The van der Waals surface area contributed by atoms with E-state index in [4.69, 9.17) is 9.52 Å². The van der Waals surface area contributed by atoms with Gasteiger partial charge in [0.1, 0.15) is 11.3 Å². The lowest BCUT2D eigenvalue weighted by atomic mass is 10.0. The molecule has 0 bridgehead atoms. The second-order valence-electron chi connectivity index (χ2n) is 4.09. The van der Waals surface area contributed by atoms with Crippen molar-refractivity contribution in [1.29, 1.82) is 0 Å². The van der Waals surface area contributed by atoms with E-state index in [-0.39, 0.29) is 12.3 Å². The van der Waals surface area contributed by atoms with Gasteiger partial charge in [-0.3, -0.25) is 4.79 Å². The molecule has 2 aromatic rings. The summed E-state index contributed by atoms with van der Waals surface area (Å²) in [5, 5.41) is 9.83. The number of furan rings is 1. The van der Waals surface area contributed by atoms with Gasteiger partial charge in [0.2, 0.25) is 0 Å². The third-order valence-corrected chi connectivity index (χ3v) is 2.81. The number of aryl methyl sites for hydroxylation is 1. The first-order valence-electron chi connectivity index (χ1n) is 5.29. The van der Waals surface area contributed by atoms with Crippen LogP contribution in [0, 0.1) is 6.92 Å². The third-order valence-electron chi connectivity index (χ3n) is 2.81. The van der Waals surface area contributed by atoms with Gasteiger partial charge in [-0.1, -0.05) is 25.1 Å². The fourth-order valence-corrected chi connectivity index (χ4v) is 2.02. The maximum absolute atomic E-state index is 10.7.